The average molecular weight is 272 g/mol. The number of ether oxygens (including phenoxy) is 1. The van der Waals surface area contributed by atoms with E-state index in [1.807, 2.05) is 57.2 Å². The number of aromatic nitrogens is 2. The molecule has 1 aromatic heterocycles. The van der Waals surface area contributed by atoms with Crippen LogP contribution in [0.3, 0.4) is 0 Å². The number of rotatable bonds is 5. The van der Waals surface area contributed by atoms with Gasteiger partial charge in [-0.15, -0.1) is 0 Å². The number of anilines is 1. The highest BCUT2D eigenvalue weighted by atomic mass is 16.5. The molecule has 0 saturated heterocycles. The summed E-state index contributed by atoms with van der Waals surface area (Å²) >= 11 is 0. The van der Waals surface area contributed by atoms with Crippen LogP contribution in [0.15, 0.2) is 30.5 Å². The molecule has 0 radical (unpaired) electrons. The summed E-state index contributed by atoms with van der Waals surface area (Å²) in [5.41, 5.74) is 3.07. The molecule has 0 atom stereocenters. The van der Waals surface area contributed by atoms with Crippen molar-refractivity contribution in [3.8, 4) is 11.8 Å². The smallest absolute Gasteiger partial charge is 0.322 e. The third kappa shape index (κ3) is 3.45. The standard InChI is InChI=1S/C15H20N4O/c1-11-12(9-16-2)10-17-15(18-11)20-14-7-5-6-13(8-14)19(3)4/h5-8,10,16H,9H2,1-4H3. The Morgan fingerprint density at radius 2 is 2.10 bits per heavy atom. The summed E-state index contributed by atoms with van der Waals surface area (Å²) in [5, 5.41) is 3.09. The summed E-state index contributed by atoms with van der Waals surface area (Å²) < 4.78 is 5.71. The molecule has 0 saturated carbocycles. The molecule has 0 bridgehead atoms. The van der Waals surface area contributed by atoms with Gasteiger partial charge in [0, 0.05) is 49.8 Å². The highest BCUT2D eigenvalue weighted by Gasteiger charge is 2.06. The van der Waals surface area contributed by atoms with Gasteiger partial charge in [-0.3, -0.25) is 0 Å². The van der Waals surface area contributed by atoms with Crippen LogP contribution < -0.4 is 15.0 Å². The van der Waals surface area contributed by atoms with E-state index < -0.39 is 0 Å². The van der Waals surface area contributed by atoms with Gasteiger partial charge in [-0.1, -0.05) is 6.07 Å². The third-order valence-electron chi connectivity index (χ3n) is 2.97. The Morgan fingerprint density at radius 1 is 1.30 bits per heavy atom. The number of aryl methyl sites for hydroxylation is 1. The Hall–Kier alpha value is -2.14. The van der Waals surface area contributed by atoms with Crippen LogP contribution in [-0.4, -0.2) is 31.1 Å². The van der Waals surface area contributed by atoms with Crippen molar-refractivity contribution in [2.75, 3.05) is 26.0 Å². The zero-order chi connectivity index (χ0) is 14.5. The maximum absolute atomic E-state index is 5.71. The molecule has 106 valence electrons. The third-order valence-corrected chi connectivity index (χ3v) is 2.97. The maximum Gasteiger partial charge on any atom is 0.322 e. The summed E-state index contributed by atoms with van der Waals surface area (Å²) in [7, 11) is 5.88. The minimum absolute atomic E-state index is 0.373. The van der Waals surface area contributed by atoms with Crippen LogP contribution in [0.4, 0.5) is 5.69 Å². The van der Waals surface area contributed by atoms with Crippen molar-refractivity contribution in [2.45, 2.75) is 13.5 Å². The molecule has 0 fully saturated rings. The second kappa shape index (κ2) is 6.34. The van der Waals surface area contributed by atoms with Crippen LogP contribution in [0, 0.1) is 6.92 Å². The lowest BCUT2D eigenvalue weighted by Gasteiger charge is -2.13. The van der Waals surface area contributed by atoms with Crippen LogP contribution in [0.1, 0.15) is 11.3 Å². The maximum atomic E-state index is 5.71. The highest BCUT2D eigenvalue weighted by molar-refractivity contribution is 5.49. The van der Waals surface area contributed by atoms with Crippen LogP contribution in [0.5, 0.6) is 11.8 Å². The lowest BCUT2D eigenvalue weighted by molar-refractivity contribution is 0.439. The van der Waals surface area contributed by atoms with Gasteiger partial charge in [0.2, 0.25) is 0 Å². The number of hydrogen-bond donors (Lipinski definition) is 1. The fraction of sp³-hybridized carbons (Fsp3) is 0.333. The lowest BCUT2D eigenvalue weighted by Crippen LogP contribution is -2.09. The fourth-order valence-corrected chi connectivity index (χ4v) is 1.81. The molecular formula is C15H20N4O. The Bertz CT molecular complexity index is 584. The van der Waals surface area contributed by atoms with E-state index in [2.05, 4.69) is 15.3 Å². The van der Waals surface area contributed by atoms with Gasteiger partial charge in [0.15, 0.2) is 0 Å². The summed E-state index contributed by atoms with van der Waals surface area (Å²) in [6, 6.07) is 8.20. The second-order valence-corrected chi connectivity index (χ2v) is 4.79. The average Bonchev–Trinajstić information content (AvgIpc) is 2.42. The molecule has 1 heterocycles. The molecule has 20 heavy (non-hydrogen) atoms. The quantitative estimate of drug-likeness (QED) is 0.905. The van der Waals surface area contributed by atoms with Crippen LogP contribution in [-0.2, 0) is 6.54 Å². The first-order chi connectivity index (χ1) is 9.60. The SMILES string of the molecule is CNCc1cnc(Oc2cccc(N(C)C)c2)nc1C. The van der Waals surface area contributed by atoms with E-state index in [-0.39, 0.29) is 0 Å². The summed E-state index contributed by atoms with van der Waals surface area (Å²) in [6.07, 6.45) is 1.80. The van der Waals surface area contributed by atoms with E-state index in [9.17, 15) is 0 Å². The van der Waals surface area contributed by atoms with Crippen molar-refractivity contribution < 1.29 is 4.74 Å². The normalized spacial score (nSPS) is 10.4. The molecule has 1 N–H and O–H groups in total. The topological polar surface area (TPSA) is 50.3 Å². The predicted octanol–water partition coefficient (Wildman–Crippen LogP) is 2.36. The van der Waals surface area contributed by atoms with E-state index in [0.29, 0.717) is 6.01 Å². The zero-order valence-corrected chi connectivity index (χ0v) is 12.3. The van der Waals surface area contributed by atoms with Gasteiger partial charge < -0.3 is 15.0 Å². The lowest BCUT2D eigenvalue weighted by atomic mass is 10.2. The van der Waals surface area contributed by atoms with Crippen molar-refractivity contribution in [1.29, 1.82) is 0 Å². The van der Waals surface area contributed by atoms with Crippen molar-refractivity contribution in [1.82, 2.24) is 15.3 Å². The molecule has 2 rings (SSSR count). The number of nitrogens with zero attached hydrogens (tertiary/aromatic N) is 3. The molecule has 0 aliphatic carbocycles. The molecule has 5 nitrogen and oxygen atoms in total. The molecule has 5 heteroatoms. The van der Waals surface area contributed by atoms with Gasteiger partial charge in [0.1, 0.15) is 5.75 Å². The Kier molecular flexibility index (Phi) is 4.53. The molecule has 2 aromatic rings. The molecular weight excluding hydrogens is 252 g/mol. The van der Waals surface area contributed by atoms with Gasteiger partial charge in [-0.05, 0) is 26.1 Å². The molecule has 0 spiro atoms. The van der Waals surface area contributed by atoms with E-state index >= 15 is 0 Å². The van der Waals surface area contributed by atoms with Gasteiger partial charge in [0.05, 0.1) is 0 Å². The fourth-order valence-electron chi connectivity index (χ4n) is 1.81. The first-order valence-corrected chi connectivity index (χ1v) is 6.52. The zero-order valence-electron chi connectivity index (χ0n) is 12.3. The van der Waals surface area contributed by atoms with Crippen molar-refractivity contribution in [2.24, 2.45) is 0 Å². The van der Waals surface area contributed by atoms with Gasteiger partial charge >= 0.3 is 6.01 Å². The number of nitrogens with one attached hydrogen (secondary N) is 1. The largest absolute Gasteiger partial charge is 0.424 e. The second-order valence-electron chi connectivity index (χ2n) is 4.79. The van der Waals surface area contributed by atoms with E-state index in [1.165, 1.54) is 0 Å². The van der Waals surface area contributed by atoms with E-state index in [4.69, 9.17) is 4.74 Å². The predicted molar refractivity (Wildman–Crippen MR) is 80.4 cm³/mol. The van der Waals surface area contributed by atoms with Gasteiger partial charge in [0.25, 0.3) is 0 Å². The first-order valence-electron chi connectivity index (χ1n) is 6.52. The Morgan fingerprint density at radius 3 is 2.75 bits per heavy atom. The molecule has 0 aliphatic rings. The summed E-state index contributed by atoms with van der Waals surface area (Å²) in [6.45, 7) is 2.71. The van der Waals surface area contributed by atoms with Gasteiger partial charge in [-0.2, -0.15) is 4.98 Å². The molecule has 0 unspecified atom stereocenters. The van der Waals surface area contributed by atoms with Crippen molar-refractivity contribution >= 4 is 5.69 Å². The van der Waals surface area contributed by atoms with Crippen LogP contribution in [0.2, 0.25) is 0 Å². The summed E-state index contributed by atoms with van der Waals surface area (Å²) in [4.78, 5) is 10.6. The van der Waals surface area contributed by atoms with Crippen molar-refractivity contribution in [3.05, 3.63) is 41.7 Å². The van der Waals surface area contributed by atoms with Crippen LogP contribution >= 0.6 is 0 Å². The number of benzene rings is 1. The van der Waals surface area contributed by atoms with Gasteiger partial charge in [-0.25, -0.2) is 4.98 Å². The molecule has 1 aromatic carbocycles. The first kappa shape index (κ1) is 14.3. The number of hydrogen-bond acceptors (Lipinski definition) is 5. The highest BCUT2D eigenvalue weighted by Crippen LogP contribution is 2.23. The van der Waals surface area contributed by atoms with E-state index in [0.717, 1.165) is 29.2 Å². The minimum atomic E-state index is 0.373. The molecule has 0 amide bonds. The monoisotopic (exact) mass is 272 g/mol. The van der Waals surface area contributed by atoms with Crippen LogP contribution in [0.25, 0.3) is 0 Å². The Balaban J connectivity index is 2.17. The van der Waals surface area contributed by atoms with E-state index in [1.54, 1.807) is 6.20 Å². The summed E-state index contributed by atoms with van der Waals surface area (Å²) in [5.74, 6) is 0.733. The minimum Gasteiger partial charge on any atom is -0.424 e. The van der Waals surface area contributed by atoms with Crippen molar-refractivity contribution in [3.63, 3.8) is 0 Å². The molecule has 0 aliphatic heterocycles. The Labute approximate surface area is 119 Å².